The number of benzene rings is 1. The van der Waals surface area contributed by atoms with Gasteiger partial charge in [-0.15, -0.1) is 0 Å². The first-order valence-electron chi connectivity index (χ1n) is 6.26. The third kappa shape index (κ3) is 3.75. The SMILES string of the molecule is CCC(=O)/C(=C\c1cc(OC)c(OC)c(OC)c1)C(=O)O. The minimum absolute atomic E-state index is 0.114. The van der Waals surface area contributed by atoms with Crippen LogP contribution in [0.3, 0.4) is 0 Å². The van der Waals surface area contributed by atoms with Gasteiger partial charge in [0, 0.05) is 6.42 Å². The van der Waals surface area contributed by atoms with Crippen molar-refractivity contribution in [2.24, 2.45) is 0 Å². The van der Waals surface area contributed by atoms with Crippen LogP contribution in [0, 0.1) is 0 Å². The number of hydrogen-bond donors (Lipinski definition) is 1. The molecule has 0 heterocycles. The fraction of sp³-hybridized carbons (Fsp3) is 0.333. The van der Waals surface area contributed by atoms with Crippen LogP contribution >= 0.6 is 0 Å². The molecule has 6 nitrogen and oxygen atoms in total. The summed E-state index contributed by atoms with van der Waals surface area (Å²) in [6.45, 7) is 1.61. The Hall–Kier alpha value is -2.50. The number of carboxylic acids is 1. The number of Topliss-reactive ketones (excluding diaryl/α,β-unsaturated/α-hetero) is 1. The van der Waals surface area contributed by atoms with E-state index in [2.05, 4.69) is 0 Å². The Morgan fingerprint density at radius 1 is 1.10 bits per heavy atom. The molecule has 0 radical (unpaired) electrons. The number of ketones is 1. The molecule has 0 unspecified atom stereocenters. The molecule has 21 heavy (non-hydrogen) atoms. The Morgan fingerprint density at radius 3 is 1.95 bits per heavy atom. The molecule has 1 aromatic carbocycles. The smallest absolute Gasteiger partial charge is 0.339 e. The van der Waals surface area contributed by atoms with E-state index >= 15 is 0 Å². The average Bonchev–Trinajstić information content (AvgIpc) is 2.50. The molecule has 0 aromatic heterocycles. The van der Waals surface area contributed by atoms with E-state index in [-0.39, 0.29) is 12.0 Å². The number of rotatable bonds is 7. The lowest BCUT2D eigenvalue weighted by atomic mass is 10.0. The van der Waals surface area contributed by atoms with Gasteiger partial charge in [-0.3, -0.25) is 4.79 Å². The molecule has 0 amide bonds. The van der Waals surface area contributed by atoms with Crippen molar-refractivity contribution in [3.63, 3.8) is 0 Å². The molecule has 0 bridgehead atoms. The highest BCUT2D eigenvalue weighted by molar-refractivity contribution is 6.19. The van der Waals surface area contributed by atoms with Crippen molar-refractivity contribution in [1.82, 2.24) is 0 Å². The van der Waals surface area contributed by atoms with Crippen molar-refractivity contribution in [3.8, 4) is 17.2 Å². The van der Waals surface area contributed by atoms with Crippen molar-refractivity contribution < 1.29 is 28.9 Å². The second kappa shape index (κ2) is 7.33. The Labute approximate surface area is 122 Å². The maximum Gasteiger partial charge on any atom is 0.339 e. The molecule has 0 aliphatic rings. The number of ether oxygens (including phenoxy) is 3. The average molecular weight is 294 g/mol. The van der Waals surface area contributed by atoms with Crippen molar-refractivity contribution >= 4 is 17.8 Å². The highest BCUT2D eigenvalue weighted by Gasteiger charge is 2.17. The van der Waals surface area contributed by atoms with Crippen LogP contribution in [0.5, 0.6) is 17.2 Å². The third-order valence-electron chi connectivity index (χ3n) is 2.85. The minimum atomic E-state index is -1.27. The van der Waals surface area contributed by atoms with Crippen molar-refractivity contribution in [2.45, 2.75) is 13.3 Å². The van der Waals surface area contributed by atoms with Gasteiger partial charge in [-0.2, -0.15) is 0 Å². The van der Waals surface area contributed by atoms with Crippen LogP contribution in [0.25, 0.3) is 6.08 Å². The third-order valence-corrected chi connectivity index (χ3v) is 2.85. The summed E-state index contributed by atoms with van der Waals surface area (Å²) in [6.07, 6.45) is 1.40. The summed E-state index contributed by atoms with van der Waals surface area (Å²) in [6, 6.07) is 3.15. The van der Waals surface area contributed by atoms with E-state index in [1.807, 2.05) is 0 Å². The van der Waals surface area contributed by atoms with E-state index in [0.29, 0.717) is 22.8 Å². The van der Waals surface area contributed by atoms with Crippen LogP contribution in [0.1, 0.15) is 18.9 Å². The van der Waals surface area contributed by atoms with Crippen molar-refractivity contribution in [2.75, 3.05) is 21.3 Å². The van der Waals surface area contributed by atoms with Crippen LogP contribution in [-0.4, -0.2) is 38.2 Å². The topological polar surface area (TPSA) is 82.1 Å². The zero-order valence-corrected chi connectivity index (χ0v) is 12.4. The van der Waals surface area contributed by atoms with Crippen LogP contribution in [0.2, 0.25) is 0 Å². The molecule has 0 aliphatic carbocycles. The Kier molecular flexibility index (Phi) is 5.78. The molecule has 1 rings (SSSR count). The lowest BCUT2D eigenvalue weighted by Crippen LogP contribution is -2.10. The Bertz CT molecular complexity index is 549. The molecule has 1 N–H and O–H groups in total. The lowest BCUT2D eigenvalue weighted by Gasteiger charge is -2.13. The molecular formula is C15H18O6. The number of hydrogen-bond acceptors (Lipinski definition) is 5. The first-order valence-corrected chi connectivity index (χ1v) is 6.26. The van der Waals surface area contributed by atoms with E-state index in [0.717, 1.165) is 0 Å². The zero-order valence-electron chi connectivity index (χ0n) is 12.4. The van der Waals surface area contributed by atoms with Crippen LogP contribution in [0.4, 0.5) is 0 Å². The van der Waals surface area contributed by atoms with E-state index in [1.165, 1.54) is 27.4 Å². The second-order valence-electron chi connectivity index (χ2n) is 4.10. The quantitative estimate of drug-likeness (QED) is 0.471. The first-order chi connectivity index (χ1) is 9.98. The largest absolute Gasteiger partial charge is 0.493 e. The highest BCUT2D eigenvalue weighted by atomic mass is 16.5. The molecule has 1 aromatic rings. The summed E-state index contributed by atoms with van der Waals surface area (Å²) in [7, 11) is 4.39. The predicted octanol–water partition coefficient (Wildman–Crippen LogP) is 2.16. The maximum absolute atomic E-state index is 11.7. The summed E-state index contributed by atoms with van der Waals surface area (Å²) in [5.74, 6) is -0.545. The Morgan fingerprint density at radius 2 is 1.62 bits per heavy atom. The first kappa shape index (κ1) is 16.6. The van der Waals surface area contributed by atoms with Gasteiger partial charge in [0.05, 0.1) is 21.3 Å². The molecule has 0 atom stereocenters. The van der Waals surface area contributed by atoms with E-state index in [9.17, 15) is 9.59 Å². The second-order valence-corrected chi connectivity index (χ2v) is 4.10. The zero-order chi connectivity index (χ0) is 16.0. The number of carboxylic acid groups (broad SMARTS) is 1. The van der Waals surface area contributed by atoms with Crippen LogP contribution in [-0.2, 0) is 9.59 Å². The normalized spacial score (nSPS) is 11.0. The van der Waals surface area contributed by atoms with E-state index in [1.54, 1.807) is 19.1 Å². The minimum Gasteiger partial charge on any atom is -0.493 e. The van der Waals surface area contributed by atoms with Gasteiger partial charge < -0.3 is 19.3 Å². The maximum atomic E-state index is 11.7. The molecule has 0 spiro atoms. The number of aliphatic carboxylic acids is 1. The Balaban J connectivity index is 3.42. The fourth-order valence-electron chi connectivity index (χ4n) is 1.80. The number of methoxy groups -OCH3 is 3. The predicted molar refractivity (Wildman–Crippen MR) is 77.0 cm³/mol. The summed E-state index contributed by atoms with van der Waals surface area (Å²) < 4.78 is 15.5. The summed E-state index contributed by atoms with van der Waals surface area (Å²) in [4.78, 5) is 22.8. The van der Waals surface area contributed by atoms with Gasteiger partial charge in [0.1, 0.15) is 5.57 Å². The van der Waals surface area contributed by atoms with E-state index < -0.39 is 11.8 Å². The van der Waals surface area contributed by atoms with Gasteiger partial charge >= 0.3 is 5.97 Å². The molecule has 6 heteroatoms. The molecule has 0 saturated carbocycles. The monoisotopic (exact) mass is 294 g/mol. The van der Waals surface area contributed by atoms with Gasteiger partial charge in [-0.25, -0.2) is 4.79 Å². The fourth-order valence-corrected chi connectivity index (χ4v) is 1.80. The summed E-state index contributed by atoms with van der Waals surface area (Å²) in [5, 5.41) is 9.11. The summed E-state index contributed by atoms with van der Waals surface area (Å²) >= 11 is 0. The molecule has 114 valence electrons. The molecule has 0 fully saturated rings. The van der Waals surface area contributed by atoms with Gasteiger partial charge in [-0.1, -0.05) is 6.92 Å². The highest BCUT2D eigenvalue weighted by Crippen LogP contribution is 2.38. The van der Waals surface area contributed by atoms with Gasteiger partial charge in [0.25, 0.3) is 0 Å². The molecular weight excluding hydrogens is 276 g/mol. The van der Waals surface area contributed by atoms with Crippen molar-refractivity contribution in [3.05, 3.63) is 23.3 Å². The number of carbonyl (C=O) groups excluding carboxylic acids is 1. The number of carbonyl (C=O) groups is 2. The van der Waals surface area contributed by atoms with Crippen LogP contribution in [0.15, 0.2) is 17.7 Å². The molecule has 0 saturated heterocycles. The standard InChI is InChI=1S/C15H18O6/c1-5-11(16)10(15(17)18)6-9-7-12(19-2)14(21-4)13(8-9)20-3/h6-8H,5H2,1-4H3,(H,17,18)/b10-6+. The lowest BCUT2D eigenvalue weighted by molar-refractivity contribution is -0.134. The van der Waals surface area contributed by atoms with Crippen LogP contribution < -0.4 is 14.2 Å². The molecule has 0 aliphatic heterocycles. The summed E-state index contributed by atoms with van der Waals surface area (Å²) in [5.41, 5.74) is 0.190. The van der Waals surface area contributed by atoms with E-state index in [4.69, 9.17) is 19.3 Å². The van der Waals surface area contributed by atoms with Gasteiger partial charge in [-0.05, 0) is 23.8 Å². The van der Waals surface area contributed by atoms with Crippen molar-refractivity contribution in [1.29, 1.82) is 0 Å². The van der Waals surface area contributed by atoms with Gasteiger partial charge in [0.2, 0.25) is 5.75 Å². The van der Waals surface area contributed by atoms with Gasteiger partial charge in [0.15, 0.2) is 17.3 Å².